The first kappa shape index (κ1) is 30.9. The summed E-state index contributed by atoms with van der Waals surface area (Å²) in [5.41, 5.74) is 2.52. The van der Waals surface area contributed by atoms with Gasteiger partial charge in [-0.1, -0.05) is 31.5 Å². The molecule has 206 valence electrons. The quantitative estimate of drug-likeness (QED) is 0.212. The highest BCUT2D eigenvalue weighted by molar-refractivity contribution is 7.16. The number of halogens is 1. The van der Waals surface area contributed by atoms with Crippen molar-refractivity contribution in [3.05, 3.63) is 33.7 Å². The van der Waals surface area contributed by atoms with E-state index in [0.29, 0.717) is 38.6 Å². The van der Waals surface area contributed by atoms with E-state index >= 15 is 0 Å². The summed E-state index contributed by atoms with van der Waals surface area (Å²) < 4.78 is 10.5. The number of alkyl carbamates (subject to hydrolysis) is 1. The van der Waals surface area contributed by atoms with Crippen molar-refractivity contribution in [2.45, 2.75) is 79.8 Å². The lowest BCUT2D eigenvalue weighted by atomic mass is 10.0. The van der Waals surface area contributed by atoms with E-state index in [1.165, 1.54) is 4.88 Å². The van der Waals surface area contributed by atoms with Crippen LogP contribution in [0.25, 0.3) is 11.3 Å². The van der Waals surface area contributed by atoms with Gasteiger partial charge >= 0.3 is 12.1 Å². The first-order valence-electron chi connectivity index (χ1n) is 13.0. The van der Waals surface area contributed by atoms with Gasteiger partial charge in [0.05, 0.1) is 18.7 Å². The number of thiazole rings is 1. The van der Waals surface area contributed by atoms with Crippen LogP contribution in [0, 0.1) is 12.8 Å². The number of unbranched alkanes of at least 4 members (excludes halogenated alkanes) is 1. The van der Waals surface area contributed by atoms with Gasteiger partial charge < -0.3 is 19.7 Å². The van der Waals surface area contributed by atoms with Gasteiger partial charge in [-0.3, -0.25) is 4.79 Å². The number of nitrogens with one attached hydrogen (secondary N) is 1. The van der Waals surface area contributed by atoms with Crippen LogP contribution >= 0.6 is 22.9 Å². The molecule has 9 heteroatoms. The Hall–Kier alpha value is -2.32. The SMILES string of the molecule is CCOC(=O)CCN(CCCCNC(=O)OC(C)(C)C)c1nc(-c2ccc(Cl)c(C)c2)c(CC(C)C)s1. The summed E-state index contributed by atoms with van der Waals surface area (Å²) in [6, 6.07) is 6.01. The summed E-state index contributed by atoms with van der Waals surface area (Å²) in [6.07, 6.45) is 2.40. The zero-order valence-corrected chi connectivity index (χ0v) is 24.9. The first-order valence-corrected chi connectivity index (χ1v) is 14.2. The molecule has 0 bridgehead atoms. The summed E-state index contributed by atoms with van der Waals surface area (Å²) in [4.78, 5) is 32.5. The van der Waals surface area contributed by atoms with Crippen molar-refractivity contribution in [2.75, 3.05) is 31.1 Å². The van der Waals surface area contributed by atoms with Crippen molar-refractivity contribution in [1.82, 2.24) is 10.3 Å². The lowest BCUT2D eigenvalue weighted by Crippen LogP contribution is -2.33. The van der Waals surface area contributed by atoms with Gasteiger partial charge in [0.1, 0.15) is 5.60 Å². The molecular formula is C28H42ClN3O4S. The van der Waals surface area contributed by atoms with Crippen LogP contribution in [-0.4, -0.2) is 48.9 Å². The number of benzene rings is 1. The van der Waals surface area contributed by atoms with E-state index in [0.717, 1.165) is 46.2 Å². The molecular weight excluding hydrogens is 510 g/mol. The number of esters is 1. The molecule has 1 aromatic heterocycles. The summed E-state index contributed by atoms with van der Waals surface area (Å²) in [7, 11) is 0. The molecule has 0 radical (unpaired) electrons. The van der Waals surface area contributed by atoms with Gasteiger partial charge in [-0.25, -0.2) is 9.78 Å². The van der Waals surface area contributed by atoms with E-state index in [1.807, 2.05) is 46.8 Å². The van der Waals surface area contributed by atoms with E-state index in [4.69, 9.17) is 26.1 Å². The first-order chi connectivity index (χ1) is 17.4. The lowest BCUT2D eigenvalue weighted by molar-refractivity contribution is -0.142. The van der Waals surface area contributed by atoms with E-state index in [-0.39, 0.29) is 5.97 Å². The minimum absolute atomic E-state index is 0.216. The topological polar surface area (TPSA) is 80.8 Å². The van der Waals surface area contributed by atoms with E-state index < -0.39 is 11.7 Å². The minimum Gasteiger partial charge on any atom is -0.466 e. The van der Waals surface area contributed by atoms with Crippen molar-refractivity contribution >= 4 is 40.1 Å². The number of aryl methyl sites for hydroxylation is 1. The highest BCUT2D eigenvalue weighted by Crippen LogP contribution is 2.36. The van der Waals surface area contributed by atoms with Crippen LogP contribution in [-0.2, 0) is 20.7 Å². The largest absolute Gasteiger partial charge is 0.466 e. The number of hydrogen-bond donors (Lipinski definition) is 1. The number of carbonyl (C=O) groups excluding carboxylic acids is 2. The molecule has 37 heavy (non-hydrogen) atoms. The molecule has 0 aliphatic heterocycles. The fourth-order valence-corrected chi connectivity index (χ4v) is 5.16. The number of ether oxygens (including phenoxy) is 2. The van der Waals surface area contributed by atoms with Crippen molar-refractivity contribution < 1.29 is 19.1 Å². The van der Waals surface area contributed by atoms with Crippen molar-refractivity contribution in [3.8, 4) is 11.3 Å². The lowest BCUT2D eigenvalue weighted by Gasteiger charge is -2.22. The molecule has 0 aliphatic carbocycles. The molecule has 7 nitrogen and oxygen atoms in total. The van der Waals surface area contributed by atoms with Gasteiger partial charge in [0, 0.05) is 35.1 Å². The van der Waals surface area contributed by atoms with E-state index in [2.05, 4.69) is 30.1 Å². The molecule has 2 aromatic rings. The molecule has 0 atom stereocenters. The summed E-state index contributed by atoms with van der Waals surface area (Å²) in [5, 5.41) is 4.44. The fourth-order valence-electron chi connectivity index (χ4n) is 3.70. The number of aromatic nitrogens is 1. The van der Waals surface area contributed by atoms with E-state index in [1.54, 1.807) is 11.3 Å². The zero-order valence-electron chi connectivity index (χ0n) is 23.3. The van der Waals surface area contributed by atoms with Crippen LogP contribution < -0.4 is 10.2 Å². The second-order valence-electron chi connectivity index (χ2n) is 10.5. The third-order valence-corrected chi connectivity index (χ3v) is 6.96. The third-order valence-electron chi connectivity index (χ3n) is 5.40. The number of hydrogen-bond acceptors (Lipinski definition) is 7. The summed E-state index contributed by atoms with van der Waals surface area (Å²) in [6.45, 7) is 15.9. The molecule has 0 saturated heterocycles. The Balaban J connectivity index is 2.18. The number of amides is 1. The highest BCUT2D eigenvalue weighted by atomic mass is 35.5. The van der Waals surface area contributed by atoms with Crippen LogP contribution in [0.2, 0.25) is 5.02 Å². The molecule has 0 fully saturated rings. The minimum atomic E-state index is -0.521. The van der Waals surface area contributed by atoms with Crippen LogP contribution in [0.1, 0.15) is 71.2 Å². The Kier molecular flexibility index (Phi) is 12.2. The maximum atomic E-state index is 12.1. The van der Waals surface area contributed by atoms with Crippen LogP contribution in [0.15, 0.2) is 18.2 Å². The second-order valence-corrected chi connectivity index (χ2v) is 12.0. The Bertz CT molecular complexity index is 1030. The van der Waals surface area contributed by atoms with Gasteiger partial charge in [0.2, 0.25) is 0 Å². The molecule has 1 amide bonds. The van der Waals surface area contributed by atoms with Gasteiger partial charge in [-0.05, 0) is 77.5 Å². The summed E-state index contributed by atoms with van der Waals surface area (Å²) >= 11 is 7.96. The Morgan fingerprint density at radius 3 is 2.54 bits per heavy atom. The van der Waals surface area contributed by atoms with Gasteiger partial charge in [0.15, 0.2) is 5.13 Å². The Labute approximate surface area is 230 Å². The van der Waals surface area contributed by atoms with Crippen LogP contribution in [0.4, 0.5) is 9.93 Å². The van der Waals surface area contributed by atoms with Crippen LogP contribution in [0.3, 0.4) is 0 Å². The van der Waals surface area contributed by atoms with Crippen molar-refractivity contribution in [1.29, 1.82) is 0 Å². The highest BCUT2D eigenvalue weighted by Gasteiger charge is 2.20. The zero-order chi connectivity index (χ0) is 27.6. The third kappa shape index (κ3) is 10.9. The molecule has 1 heterocycles. The standard InChI is InChI=1S/C28H42ClN3O4S/c1-8-35-24(33)13-16-32(15-10-9-14-30-27(34)36-28(5,6)7)26-31-25(23(37-26)17-19(2)3)21-11-12-22(29)20(4)18-21/h11-12,18-19H,8-10,13-17H2,1-7H3,(H,30,34). The second kappa shape index (κ2) is 14.6. The molecule has 0 saturated carbocycles. The van der Waals surface area contributed by atoms with Crippen molar-refractivity contribution in [3.63, 3.8) is 0 Å². The molecule has 0 aliphatic rings. The maximum absolute atomic E-state index is 12.1. The monoisotopic (exact) mass is 551 g/mol. The summed E-state index contributed by atoms with van der Waals surface area (Å²) in [5.74, 6) is 0.263. The number of carbonyl (C=O) groups is 2. The van der Waals surface area contributed by atoms with Gasteiger partial charge in [-0.2, -0.15) is 0 Å². The predicted octanol–water partition coefficient (Wildman–Crippen LogP) is 7.03. The normalized spacial score (nSPS) is 11.5. The average molecular weight is 552 g/mol. The molecule has 0 spiro atoms. The van der Waals surface area contributed by atoms with E-state index in [9.17, 15) is 9.59 Å². The molecule has 1 aromatic carbocycles. The van der Waals surface area contributed by atoms with Crippen LogP contribution in [0.5, 0.6) is 0 Å². The number of nitrogens with zero attached hydrogens (tertiary/aromatic N) is 2. The fraction of sp³-hybridized carbons (Fsp3) is 0.607. The van der Waals surface area contributed by atoms with Gasteiger partial charge in [0.25, 0.3) is 0 Å². The maximum Gasteiger partial charge on any atom is 0.407 e. The Morgan fingerprint density at radius 2 is 1.92 bits per heavy atom. The smallest absolute Gasteiger partial charge is 0.407 e. The van der Waals surface area contributed by atoms with Crippen molar-refractivity contribution in [2.24, 2.45) is 5.92 Å². The number of rotatable bonds is 13. The average Bonchev–Trinajstić information content (AvgIpc) is 3.19. The predicted molar refractivity (Wildman–Crippen MR) is 153 cm³/mol. The Morgan fingerprint density at radius 1 is 1.19 bits per heavy atom. The molecule has 1 N–H and O–H groups in total. The molecule has 0 unspecified atom stereocenters. The molecule has 2 rings (SSSR count). The number of anilines is 1. The van der Waals surface area contributed by atoms with Gasteiger partial charge in [-0.15, -0.1) is 11.3 Å².